The van der Waals surface area contributed by atoms with Crippen molar-refractivity contribution in [3.63, 3.8) is 0 Å². The number of fused-ring (bicyclic) bond motifs is 1. The van der Waals surface area contributed by atoms with Crippen LogP contribution in [0.25, 0.3) is 11.0 Å². The summed E-state index contributed by atoms with van der Waals surface area (Å²) in [5, 5.41) is 3.24. The summed E-state index contributed by atoms with van der Waals surface area (Å²) in [4.78, 5) is 17.1. The van der Waals surface area contributed by atoms with Crippen LogP contribution in [-0.4, -0.2) is 35.6 Å². The molecule has 0 aliphatic carbocycles. The van der Waals surface area contributed by atoms with Crippen LogP contribution in [0, 0.1) is 0 Å². The number of nitrogens with one attached hydrogen (secondary N) is 1. The molecule has 0 fully saturated rings. The summed E-state index contributed by atoms with van der Waals surface area (Å²) in [5.74, 6) is 0.746. The van der Waals surface area contributed by atoms with Gasteiger partial charge in [-0.25, -0.2) is 4.98 Å². The second-order valence-electron chi connectivity index (χ2n) is 5.22. The molecule has 0 atom stereocenters. The minimum absolute atomic E-state index is 0.0588. The van der Waals surface area contributed by atoms with E-state index >= 15 is 0 Å². The van der Waals surface area contributed by atoms with Gasteiger partial charge in [0.05, 0.1) is 24.2 Å². The van der Waals surface area contributed by atoms with E-state index in [1.165, 1.54) is 0 Å². The van der Waals surface area contributed by atoms with Gasteiger partial charge in [-0.1, -0.05) is 42.5 Å². The van der Waals surface area contributed by atoms with Gasteiger partial charge in [0.25, 0.3) is 0 Å². The number of rotatable bonds is 7. The molecule has 1 N–H and O–H groups in total. The van der Waals surface area contributed by atoms with Gasteiger partial charge in [0.2, 0.25) is 5.95 Å². The molecule has 118 valence electrons. The van der Waals surface area contributed by atoms with E-state index < -0.39 is 0 Å². The molecule has 23 heavy (non-hydrogen) atoms. The largest absolute Gasteiger partial charge is 0.383 e. The Morgan fingerprint density at radius 2 is 1.87 bits per heavy atom. The first-order valence-electron chi connectivity index (χ1n) is 7.56. The minimum Gasteiger partial charge on any atom is -0.383 e. The zero-order chi connectivity index (χ0) is 16.1. The first-order valence-corrected chi connectivity index (χ1v) is 7.56. The van der Waals surface area contributed by atoms with Crippen molar-refractivity contribution in [1.82, 2.24) is 9.55 Å². The van der Waals surface area contributed by atoms with E-state index in [2.05, 4.69) is 10.3 Å². The Morgan fingerprint density at radius 1 is 1.13 bits per heavy atom. The maximum Gasteiger partial charge on any atom is 0.204 e. The predicted molar refractivity (Wildman–Crippen MR) is 90.9 cm³/mol. The monoisotopic (exact) mass is 309 g/mol. The molecule has 0 radical (unpaired) electrons. The molecule has 0 unspecified atom stereocenters. The highest BCUT2D eigenvalue weighted by molar-refractivity contribution is 5.97. The van der Waals surface area contributed by atoms with E-state index in [-0.39, 0.29) is 12.3 Å². The van der Waals surface area contributed by atoms with E-state index in [9.17, 15) is 4.79 Å². The fourth-order valence-corrected chi connectivity index (χ4v) is 2.49. The summed E-state index contributed by atoms with van der Waals surface area (Å²) >= 11 is 0. The zero-order valence-electron chi connectivity index (χ0n) is 13.0. The van der Waals surface area contributed by atoms with E-state index in [0.29, 0.717) is 24.7 Å². The van der Waals surface area contributed by atoms with Crippen LogP contribution < -0.4 is 5.32 Å². The highest BCUT2D eigenvalue weighted by atomic mass is 16.5. The third-order valence-electron chi connectivity index (χ3n) is 3.64. The van der Waals surface area contributed by atoms with Gasteiger partial charge in [-0.3, -0.25) is 4.79 Å². The molecule has 5 heteroatoms. The molecule has 2 aromatic carbocycles. The Hall–Kier alpha value is -2.66. The van der Waals surface area contributed by atoms with Crippen LogP contribution in [0.3, 0.4) is 0 Å². The van der Waals surface area contributed by atoms with Gasteiger partial charge in [-0.2, -0.15) is 0 Å². The molecule has 0 spiro atoms. The van der Waals surface area contributed by atoms with Gasteiger partial charge in [-0.15, -0.1) is 0 Å². The molecule has 5 nitrogen and oxygen atoms in total. The maximum absolute atomic E-state index is 12.5. The van der Waals surface area contributed by atoms with Gasteiger partial charge in [0, 0.05) is 19.2 Å². The number of para-hydroxylation sites is 2. The van der Waals surface area contributed by atoms with Gasteiger partial charge in [0.15, 0.2) is 5.78 Å². The summed E-state index contributed by atoms with van der Waals surface area (Å²) in [6.07, 6.45) is 0. The van der Waals surface area contributed by atoms with E-state index in [1.807, 2.05) is 59.2 Å². The number of carbonyl (C=O) groups is 1. The molecule has 3 rings (SSSR count). The van der Waals surface area contributed by atoms with Crippen molar-refractivity contribution in [3.05, 3.63) is 60.2 Å². The fourth-order valence-electron chi connectivity index (χ4n) is 2.49. The molecular formula is C18H19N3O2. The topological polar surface area (TPSA) is 56.1 Å². The number of hydrogen-bond donors (Lipinski definition) is 1. The molecule has 1 heterocycles. The van der Waals surface area contributed by atoms with E-state index in [0.717, 1.165) is 11.0 Å². The molecule has 0 saturated heterocycles. The Morgan fingerprint density at radius 3 is 2.65 bits per heavy atom. The van der Waals surface area contributed by atoms with Gasteiger partial charge >= 0.3 is 0 Å². The van der Waals surface area contributed by atoms with Crippen molar-refractivity contribution in [1.29, 1.82) is 0 Å². The van der Waals surface area contributed by atoms with Crippen molar-refractivity contribution in [2.24, 2.45) is 0 Å². The lowest BCUT2D eigenvalue weighted by Crippen LogP contribution is -2.16. The van der Waals surface area contributed by atoms with Crippen LogP contribution in [0.2, 0.25) is 0 Å². The highest BCUT2D eigenvalue weighted by Crippen LogP contribution is 2.20. The average Bonchev–Trinajstić information content (AvgIpc) is 2.94. The number of hydrogen-bond acceptors (Lipinski definition) is 4. The number of imidazole rings is 1. The number of nitrogens with zero attached hydrogens (tertiary/aromatic N) is 2. The molecule has 0 bridgehead atoms. The number of carbonyl (C=O) groups excluding carboxylic acids is 1. The average molecular weight is 309 g/mol. The molecular weight excluding hydrogens is 290 g/mol. The number of Topliss-reactive ketones (excluding diaryl/α,β-unsaturated/α-hetero) is 1. The van der Waals surface area contributed by atoms with Crippen LogP contribution >= 0.6 is 0 Å². The lowest BCUT2D eigenvalue weighted by atomic mass is 10.1. The molecule has 0 aliphatic heterocycles. The van der Waals surface area contributed by atoms with Crippen molar-refractivity contribution in [3.8, 4) is 0 Å². The van der Waals surface area contributed by atoms with Gasteiger partial charge < -0.3 is 14.6 Å². The fraction of sp³-hybridized carbons (Fsp3) is 0.222. The van der Waals surface area contributed by atoms with E-state index in [4.69, 9.17) is 4.74 Å². The summed E-state index contributed by atoms with van der Waals surface area (Å²) in [5.41, 5.74) is 2.51. The number of methoxy groups -OCH3 is 1. The second kappa shape index (κ2) is 7.07. The second-order valence-corrected chi connectivity index (χ2v) is 5.22. The van der Waals surface area contributed by atoms with Crippen LogP contribution in [-0.2, 0) is 11.3 Å². The standard InChI is InChI=1S/C18H19N3O2/c1-23-12-11-19-18-20-15-9-5-6-10-16(15)21(18)13-17(22)14-7-3-2-4-8-14/h2-10H,11-13H2,1H3,(H,19,20). The quantitative estimate of drug-likeness (QED) is 0.538. The summed E-state index contributed by atoms with van der Waals surface area (Å²) in [6, 6.07) is 17.1. The van der Waals surface area contributed by atoms with Gasteiger partial charge in [-0.05, 0) is 12.1 Å². The molecule has 0 amide bonds. The van der Waals surface area contributed by atoms with Crippen molar-refractivity contribution in [2.45, 2.75) is 6.54 Å². The van der Waals surface area contributed by atoms with Crippen LogP contribution in [0.5, 0.6) is 0 Å². The van der Waals surface area contributed by atoms with Crippen molar-refractivity contribution in [2.75, 3.05) is 25.6 Å². The van der Waals surface area contributed by atoms with Crippen molar-refractivity contribution < 1.29 is 9.53 Å². The summed E-state index contributed by atoms with van der Waals surface area (Å²) in [7, 11) is 1.66. The van der Waals surface area contributed by atoms with Gasteiger partial charge in [0.1, 0.15) is 0 Å². The Bertz CT molecular complexity index is 796. The smallest absolute Gasteiger partial charge is 0.204 e. The number of anilines is 1. The zero-order valence-corrected chi connectivity index (χ0v) is 13.0. The molecule has 0 aliphatic rings. The minimum atomic E-state index is 0.0588. The molecule has 1 aromatic heterocycles. The molecule has 0 saturated carbocycles. The highest BCUT2D eigenvalue weighted by Gasteiger charge is 2.14. The first kappa shape index (κ1) is 15.2. The SMILES string of the molecule is COCCNc1nc2ccccc2n1CC(=O)c1ccccc1. The van der Waals surface area contributed by atoms with E-state index in [1.54, 1.807) is 7.11 Å². The Labute approximate surface area is 134 Å². The number of aromatic nitrogens is 2. The number of ketones is 1. The Balaban J connectivity index is 1.91. The molecule has 3 aromatic rings. The van der Waals surface area contributed by atoms with Crippen LogP contribution in [0.15, 0.2) is 54.6 Å². The normalized spacial score (nSPS) is 10.8. The third kappa shape index (κ3) is 3.40. The number of ether oxygens (including phenoxy) is 1. The van der Waals surface area contributed by atoms with Crippen LogP contribution in [0.1, 0.15) is 10.4 Å². The predicted octanol–water partition coefficient (Wildman–Crippen LogP) is 2.98. The third-order valence-corrected chi connectivity index (χ3v) is 3.64. The maximum atomic E-state index is 12.5. The first-order chi connectivity index (χ1) is 11.3. The van der Waals surface area contributed by atoms with Crippen molar-refractivity contribution >= 4 is 22.8 Å². The lowest BCUT2D eigenvalue weighted by Gasteiger charge is -2.10. The Kier molecular flexibility index (Phi) is 4.68. The van der Waals surface area contributed by atoms with Crippen LogP contribution in [0.4, 0.5) is 5.95 Å². The number of benzene rings is 2. The summed E-state index contributed by atoms with van der Waals surface area (Å²) < 4.78 is 6.98. The summed E-state index contributed by atoms with van der Waals surface area (Å²) in [6.45, 7) is 1.47. The lowest BCUT2D eigenvalue weighted by molar-refractivity contribution is 0.0974.